The lowest BCUT2D eigenvalue weighted by molar-refractivity contribution is 0.0948. The Labute approximate surface area is 192 Å². The smallest absolute Gasteiger partial charge is 0.263 e. The number of aromatic nitrogens is 3. The van der Waals surface area contributed by atoms with Gasteiger partial charge in [-0.1, -0.05) is 18.2 Å². The third kappa shape index (κ3) is 4.39. The predicted molar refractivity (Wildman–Crippen MR) is 124 cm³/mol. The van der Waals surface area contributed by atoms with Crippen LogP contribution in [-0.2, 0) is 13.1 Å². The molecule has 1 saturated heterocycles. The van der Waals surface area contributed by atoms with Crippen LogP contribution in [0.25, 0.3) is 5.69 Å². The summed E-state index contributed by atoms with van der Waals surface area (Å²) in [6, 6.07) is 11.4. The van der Waals surface area contributed by atoms with Crippen molar-refractivity contribution in [3.05, 3.63) is 82.3 Å². The molecule has 5 rings (SSSR count). The molecule has 0 saturated carbocycles. The van der Waals surface area contributed by atoms with Gasteiger partial charge in [0.25, 0.3) is 11.5 Å². The van der Waals surface area contributed by atoms with Crippen molar-refractivity contribution in [2.75, 3.05) is 13.1 Å². The maximum atomic E-state index is 13.0. The fourth-order valence-corrected chi connectivity index (χ4v) is 4.55. The number of amides is 1. The van der Waals surface area contributed by atoms with Gasteiger partial charge in [-0.25, -0.2) is 4.98 Å². The number of fused-ring (bicyclic) bond motifs is 4. The maximum Gasteiger partial charge on any atom is 0.263 e. The molecule has 9 heteroatoms. The van der Waals surface area contributed by atoms with Gasteiger partial charge in [0, 0.05) is 43.6 Å². The summed E-state index contributed by atoms with van der Waals surface area (Å²) in [5.74, 6) is 0.480. The van der Waals surface area contributed by atoms with Crippen molar-refractivity contribution in [3.63, 3.8) is 0 Å². The number of carbonyl (C=O) groups excluding carboxylic acids is 1. The summed E-state index contributed by atoms with van der Waals surface area (Å²) in [7, 11) is 0. The largest absolute Gasteiger partial charge is 0.348 e. The summed E-state index contributed by atoms with van der Waals surface area (Å²) in [5, 5.41) is 6.36. The lowest BCUT2D eigenvalue weighted by Gasteiger charge is -2.37. The molecule has 2 bridgehead atoms. The zero-order chi connectivity index (χ0) is 19.8. The van der Waals surface area contributed by atoms with Gasteiger partial charge in [-0.05, 0) is 42.6 Å². The first kappa shape index (κ1) is 23.1. The standard InChI is InChI=1S/C22H23N5O2.2ClH/c28-21(25-12-16-3-1-2-4-19(16)26-8-7-23-14-26)18-5-6-20-17-9-15(10-24-11-17)13-27(20)22(18)29;;/h1-8,14-15,17,24H,9-13H2,(H,25,28);2*1H/t15-,17+;;/m0../s1. The van der Waals surface area contributed by atoms with Crippen molar-refractivity contribution >= 4 is 30.7 Å². The van der Waals surface area contributed by atoms with Gasteiger partial charge in [-0.3, -0.25) is 9.59 Å². The predicted octanol–water partition coefficient (Wildman–Crippen LogP) is 2.51. The Bertz CT molecular complexity index is 1110. The number of rotatable bonds is 4. The number of nitrogens with one attached hydrogen (secondary N) is 2. The Morgan fingerprint density at radius 2 is 2.00 bits per heavy atom. The SMILES string of the molecule is Cl.Cl.O=C(NCc1ccccc1-n1ccnc1)c1ccc2n(c1=O)C[C@@H]1CNC[C@H]2C1. The van der Waals surface area contributed by atoms with Gasteiger partial charge in [-0.2, -0.15) is 0 Å². The van der Waals surface area contributed by atoms with Crippen molar-refractivity contribution in [2.24, 2.45) is 5.92 Å². The van der Waals surface area contributed by atoms with Gasteiger partial charge in [0.05, 0.1) is 12.0 Å². The van der Waals surface area contributed by atoms with Crippen LogP contribution >= 0.6 is 24.8 Å². The summed E-state index contributed by atoms with van der Waals surface area (Å²) < 4.78 is 3.72. The van der Waals surface area contributed by atoms with Crippen LogP contribution in [0.3, 0.4) is 0 Å². The molecule has 7 nitrogen and oxygen atoms in total. The second-order valence-electron chi connectivity index (χ2n) is 7.83. The number of para-hydroxylation sites is 1. The van der Waals surface area contributed by atoms with Gasteiger partial charge in [-0.15, -0.1) is 24.8 Å². The van der Waals surface area contributed by atoms with Gasteiger partial charge < -0.3 is 19.8 Å². The summed E-state index contributed by atoms with van der Waals surface area (Å²) in [6.07, 6.45) is 6.42. The lowest BCUT2D eigenvalue weighted by Crippen LogP contribution is -2.46. The van der Waals surface area contributed by atoms with E-state index < -0.39 is 0 Å². The first-order valence-corrected chi connectivity index (χ1v) is 9.99. The van der Waals surface area contributed by atoms with Crippen LogP contribution in [0, 0.1) is 5.92 Å². The number of hydrogen-bond acceptors (Lipinski definition) is 4. The molecule has 1 fully saturated rings. The Morgan fingerprint density at radius 3 is 2.81 bits per heavy atom. The van der Waals surface area contributed by atoms with E-state index in [1.165, 1.54) is 0 Å². The molecule has 2 aromatic heterocycles. The normalized spacial score (nSPS) is 18.8. The van der Waals surface area contributed by atoms with Gasteiger partial charge in [0.1, 0.15) is 5.56 Å². The van der Waals surface area contributed by atoms with Crippen molar-refractivity contribution in [2.45, 2.75) is 25.4 Å². The Kier molecular flexibility index (Phi) is 7.20. The highest BCUT2D eigenvalue weighted by Crippen LogP contribution is 2.31. The van der Waals surface area contributed by atoms with Crippen LogP contribution in [0.4, 0.5) is 0 Å². The van der Waals surface area contributed by atoms with Crippen LogP contribution in [0.15, 0.2) is 59.9 Å². The maximum absolute atomic E-state index is 13.0. The molecule has 31 heavy (non-hydrogen) atoms. The van der Waals surface area contributed by atoms with Crippen LogP contribution in [0.2, 0.25) is 0 Å². The van der Waals surface area contributed by atoms with Gasteiger partial charge >= 0.3 is 0 Å². The summed E-state index contributed by atoms with van der Waals surface area (Å²) in [5.41, 5.74) is 2.98. The quantitative estimate of drug-likeness (QED) is 0.625. The first-order chi connectivity index (χ1) is 14.2. The molecule has 0 spiro atoms. The molecule has 3 aromatic rings. The molecule has 164 valence electrons. The van der Waals surface area contributed by atoms with E-state index in [0.717, 1.165) is 36.5 Å². The minimum Gasteiger partial charge on any atom is -0.348 e. The second kappa shape index (κ2) is 9.68. The van der Waals surface area contributed by atoms with E-state index in [0.29, 0.717) is 24.9 Å². The summed E-state index contributed by atoms with van der Waals surface area (Å²) in [6.45, 7) is 2.85. The highest BCUT2D eigenvalue weighted by Gasteiger charge is 2.31. The monoisotopic (exact) mass is 461 g/mol. The second-order valence-corrected chi connectivity index (χ2v) is 7.83. The molecular formula is C22H25Cl2N5O2. The van der Waals surface area contributed by atoms with Gasteiger partial charge in [0.2, 0.25) is 0 Å². The molecule has 0 radical (unpaired) electrons. The third-order valence-corrected chi connectivity index (χ3v) is 5.97. The molecule has 2 atom stereocenters. The van der Waals surface area contributed by atoms with Crippen molar-refractivity contribution < 1.29 is 4.79 Å². The number of benzene rings is 1. The zero-order valence-electron chi connectivity index (χ0n) is 16.9. The van der Waals surface area contributed by atoms with Crippen LogP contribution in [-0.4, -0.2) is 33.1 Å². The number of hydrogen-bond donors (Lipinski definition) is 2. The van der Waals surface area contributed by atoms with E-state index in [1.54, 1.807) is 18.6 Å². The van der Waals surface area contributed by atoms with E-state index in [9.17, 15) is 9.59 Å². The van der Waals surface area contributed by atoms with E-state index >= 15 is 0 Å². The highest BCUT2D eigenvalue weighted by molar-refractivity contribution is 5.93. The van der Waals surface area contributed by atoms with E-state index in [-0.39, 0.29) is 41.8 Å². The van der Waals surface area contributed by atoms with Crippen LogP contribution in [0.1, 0.15) is 34.0 Å². The molecule has 0 aliphatic carbocycles. The van der Waals surface area contributed by atoms with E-state index in [4.69, 9.17) is 0 Å². The first-order valence-electron chi connectivity index (χ1n) is 9.99. The highest BCUT2D eigenvalue weighted by atomic mass is 35.5. The molecule has 2 aliphatic rings. The molecular weight excluding hydrogens is 437 g/mol. The number of imidazole rings is 1. The Balaban J connectivity index is 0.00000136. The molecule has 2 N–H and O–H groups in total. The molecule has 1 aromatic carbocycles. The van der Waals surface area contributed by atoms with Crippen molar-refractivity contribution in [1.29, 1.82) is 0 Å². The zero-order valence-corrected chi connectivity index (χ0v) is 18.5. The van der Waals surface area contributed by atoms with E-state index in [2.05, 4.69) is 15.6 Å². The van der Waals surface area contributed by atoms with Crippen molar-refractivity contribution in [1.82, 2.24) is 24.8 Å². The number of carbonyl (C=O) groups is 1. The summed E-state index contributed by atoms with van der Waals surface area (Å²) in [4.78, 5) is 29.9. The summed E-state index contributed by atoms with van der Waals surface area (Å²) >= 11 is 0. The van der Waals surface area contributed by atoms with Crippen LogP contribution in [0.5, 0.6) is 0 Å². The lowest BCUT2D eigenvalue weighted by atomic mass is 9.84. The topological polar surface area (TPSA) is 81.0 Å². The fraction of sp³-hybridized carbons (Fsp3) is 0.318. The fourth-order valence-electron chi connectivity index (χ4n) is 4.55. The number of nitrogens with zero attached hydrogens (tertiary/aromatic N) is 3. The minimum absolute atomic E-state index is 0. The number of halogens is 2. The third-order valence-electron chi connectivity index (χ3n) is 5.97. The molecule has 1 amide bonds. The van der Waals surface area contributed by atoms with Crippen LogP contribution < -0.4 is 16.2 Å². The van der Waals surface area contributed by atoms with E-state index in [1.807, 2.05) is 45.7 Å². The number of pyridine rings is 1. The van der Waals surface area contributed by atoms with Gasteiger partial charge in [0.15, 0.2) is 0 Å². The minimum atomic E-state index is -0.334. The average molecular weight is 462 g/mol. The average Bonchev–Trinajstić information content (AvgIpc) is 3.28. The molecule has 4 heterocycles. The number of piperidine rings is 1. The Hall–Kier alpha value is -2.61. The van der Waals surface area contributed by atoms with Crippen molar-refractivity contribution in [3.8, 4) is 5.69 Å². The molecule has 2 aliphatic heterocycles. The molecule has 0 unspecified atom stereocenters. The Morgan fingerprint density at radius 1 is 1.16 bits per heavy atom.